The number of methoxy groups -OCH3 is 1. The van der Waals surface area contributed by atoms with Gasteiger partial charge in [0.05, 0.1) is 7.11 Å². The summed E-state index contributed by atoms with van der Waals surface area (Å²) in [6.45, 7) is 14.8. The summed E-state index contributed by atoms with van der Waals surface area (Å²) in [4.78, 5) is 77.4. The van der Waals surface area contributed by atoms with Crippen LogP contribution in [-0.4, -0.2) is 103 Å². The fraction of sp³-hybridized carbons (Fsp3) is 0.674. The predicted molar refractivity (Wildman–Crippen MR) is 234 cm³/mol. The van der Waals surface area contributed by atoms with E-state index in [0.29, 0.717) is 50.3 Å². The number of likely N-dealkylation sites (tertiary alicyclic amines) is 1. The molecule has 3 heterocycles. The number of amides is 5. The largest absolute Gasteiger partial charge is 0.497 e. The highest BCUT2D eigenvalue weighted by Gasteiger charge is 2.85. The van der Waals surface area contributed by atoms with Gasteiger partial charge >= 0.3 is 10.2 Å². The van der Waals surface area contributed by atoms with Crippen LogP contribution in [0.3, 0.4) is 0 Å². The molecule has 2 spiro atoms. The van der Waals surface area contributed by atoms with Crippen LogP contribution in [0.25, 0.3) is 10.9 Å². The Morgan fingerprint density at radius 1 is 0.935 bits per heavy atom. The highest BCUT2D eigenvalue weighted by Crippen LogP contribution is 2.88. The maximum absolute atomic E-state index is 15.3. The van der Waals surface area contributed by atoms with Gasteiger partial charge in [-0.05, 0) is 97.8 Å². The van der Waals surface area contributed by atoms with Crippen LogP contribution in [0.4, 0.5) is 0 Å². The van der Waals surface area contributed by atoms with Gasteiger partial charge in [-0.3, -0.25) is 24.0 Å². The summed E-state index contributed by atoms with van der Waals surface area (Å²) in [5, 5.41) is 9.88. The van der Waals surface area contributed by atoms with Gasteiger partial charge in [0, 0.05) is 41.9 Å². The Morgan fingerprint density at radius 3 is 2.21 bits per heavy atom. The van der Waals surface area contributed by atoms with Gasteiger partial charge in [-0.15, -0.1) is 6.58 Å². The van der Waals surface area contributed by atoms with Crippen molar-refractivity contribution < 1.29 is 37.1 Å². The van der Waals surface area contributed by atoms with Crippen LogP contribution in [-0.2, 0) is 29.4 Å². The van der Waals surface area contributed by atoms with Gasteiger partial charge in [-0.2, -0.15) is 12.7 Å². The van der Waals surface area contributed by atoms with E-state index >= 15 is 4.79 Å². The minimum absolute atomic E-state index is 0.0414. The van der Waals surface area contributed by atoms with Gasteiger partial charge in [0.25, 0.3) is 11.8 Å². The van der Waals surface area contributed by atoms with Crippen LogP contribution < -0.4 is 25.4 Å². The molecule has 6 atom stereocenters. The van der Waals surface area contributed by atoms with Gasteiger partial charge in [0.15, 0.2) is 0 Å². The Bertz CT molecular complexity index is 2270. The van der Waals surface area contributed by atoms with Crippen molar-refractivity contribution in [3.8, 4) is 5.75 Å². The molecule has 15 nitrogen and oxygen atoms in total. The Kier molecular flexibility index (Phi) is 11.2. The molecule has 0 bridgehead atoms. The summed E-state index contributed by atoms with van der Waals surface area (Å²) in [7, 11) is -2.55. The predicted octanol–water partition coefficient (Wildman–Crippen LogP) is 4.70. The molecule has 2 aromatic rings. The second-order valence-electron chi connectivity index (χ2n) is 20.7. The summed E-state index contributed by atoms with van der Waals surface area (Å²) in [5.41, 5.74) is -1.88. The summed E-state index contributed by atoms with van der Waals surface area (Å²) in [5.74, 6) is -2.67. The summed E-state index contributed by atoms with van der Waals surface area (Å²) in [6, 6.07) is 4.21. The van der Waals surface area contributed by atoms with E-state index in [1.807, 2.05) is 32.9 Å². The van der Waals surface area contributed by atoms with E-state index < -0.39 is 74.7 Å². The third-order valence-electron chi connectivity index (χ3n) is 16.2. The fourth-order valence-electron chi connectivity index (χ4n) is 12.1. The van der Waals surface area contributed by atoms with Gasteiger partial charge in [0.2, 0.25) is 17.7 Å². The summed E-state index contributed by atoms with van der Waals surface area (Å²) in [6.07, 6.45) is 10.9. The molecule has 4 saturated carbocycles. The molecule has 62 heavy (non-hydrogen) atoms. The zero-order valence-electron chi connectivity index (χ0n) is 37.2. The van der Waals surface area contributed by atoms with Crippen LogP contribution in [0, 0.1) is 33.5 Å². The molecule has 8 rings (SSSR count). The molecule has 6 fully saturated rings. The van der Waals surface area contributed by atoms with Crippen LogP contribution in [0.2, 0.25) is 0 Å². The molecule has 5 amide bonds. The molecule has 2 saturated heterocycles. The molecular formula is C46H65N7O8S. The van der Waals surface area contributed by atoms with E-state index in [1.54, 1.807) is 30.2 Å². The van der Waals surface area contributed by atoms with Crippen LogP contribution in [0.1, 0.15) is 122 Å². The number of hydrogen-bond donors (Lipinski definition) is 5. The molecule has 16 heteroatoms. The number of fused-ring (bicyclic) bond motifs is 2. The van der Waals surface area contributed by atoms with E-state index in [4.69, 9.17) is 4.74 Å². The van der Waals surface area contributed by atoms with Crippen molar-refractivity contribution in [3.05, 3.63) is 42.6 Å². The normalized spacial score (nSPS) is 28.8. The number of aromatic nitrogens is 1. The molecule has 6 aliphatic rings. The number of nitrogens with zero attached hydrogens (tertiary/aromatic N) is 2. The lowest BCUT2D eigenvalue weighted by molar-refractivity contribution is -0.145. The first-order chi connectivity index (χ1) is 29.2. The number of nitrogens with one attached hydrogen (secondary N) is 5. The minimum atomic E-state index is -4.12. The quantitative estimate of drug-likeness (QED) is 0.179. The molecule has 338 valence electrons. The highest BCUT2D eigenvalue weighted by molar-refractivity contribution is 7.87. The zero-order chi connectivity index (χ0) is 44.6. The van der Waals surface area contributed by atoms with E-state index in [-0.39, 0.29) is 28.6 Å². The van der Waals surface area contributed by atoms with Crippen molar-refractivity contribution >= 4 is 50.6 Å². The second kappa shape index (κ2) is 15.7. The number of carbonyl (C=O) groups is 5. The number of rotatable bonds is 13. The maximum Gasteiger partial charge on any atom is 0.303 e. The highest BCUT2D eigenvalue weighted by atomic mass is 32.2. The Labute approximate surface area is 365 Å². The van der Waals surface area contributed by atoms with Crippen molar-refractivity contribution in [2.45, 2.75) is 135 Å². The SMILES string of the molecule is C=C[C@@H]1C[C@]1(NC(=O)[C@@H]1C[C@@]2(CN1C(=O)[C@@H](NC(=O)C(NC(=O)c1cc3cc(OC)ccc3[nH]1)C1CCCCC1)C(C)(C)C)C(C)(C)C21CCC1)C(=O)NS(=O)(=O)N1CCCC1. The Hall–Kier alpha value is -4.44. The molecule has 4 aliphatic carbocycles. The summed E-state index contributed by atoms with van der Waals surface area (Å²) < 4.78 is 35.3. The van der Waals surface area contributed by atoms with Gasteiger partial charge < -0.3 is 30.6 Å². The molecule has 1 aromatic carbocycles. The van der Waals surface area contributed by atoms with Crippen LogP contribution in [0.5, 0.6) is 5.75 Å². The molecule has 0 radical (unpaired) electrons. The lowest BCUT2D eigenvalue weighted by Crippen LogP contribution is -2.62. The van der Waals surface area contributed by atoms with Crippen LogP contribution in [0.15, 0.2) is 36.9 Å². The molecule has 2 aliphatic heterocycles. The first-order valence-electron chi connectivity index (χ1n) is 22.6. The van der Waals surface area contributed by atoms with Crippen molar-refractivity contribution in [1.82, 2.24) is 34.9 Å². The molecule has 5 N–H and O–H groups in total. The number of ether oxygens (including phenoxy) is 1. The van der Waals surface area contributed by atoms with Crippen molar-refractivity contribution in [1.29, 1.82) is 0 Å². The summed E-state index contributed by atoms with van der Waals surface area (Å²) >= 11 is 0. The first kappa shape index (κ1) is 44.2. The monoisotopic (exact) mass is 875 g/mol. The number of H-pyrrole nitrogens is 1. The smallest absolute Gasteiger partial charge is 0.303 e. The van der Waals surface area contributed by atoms with E-state index in [1.165, 1.54) is 4.31 Å². The number of aromatic amines is 1. The third kappa shape index (κ3) is 7.20. The third-order valence-corrected chi connectivity index (χ3v) is 17.7. The lowest BCUT2D eigenvalue weighted by Gasteiger charge is -2.38. The minimum Gasteiger partial charge on any atom is -0.497 e. The topological polar surface area (TPSA) is 199 Å². The van der Waals surface area contributed by atoms with Crippen LogP contribution >= 0.6 is 0 Å². The van der Waals surface area contributed by atoms with Gasteiger partial charge in [-0.1, -0.05) is 66.4 Å². The van der Waals surface area contributed by atoms with Crippen molar-refractivity contribution in [2.75, 3.05) is 26.7 Å². The van der Waals surface area contributed by atoms with Crippen molar-refractivity contribution in [2.24, 2.45) is 33.5 Å². The number of benzene rings is 1. The van der Waals surface area contributed by atoms with Crippen molar-refractivity contribution in [3.63, 3.8) is 0 Å². The maximum atomic E-state index is 15.3. The molecule has 1 unspecified atom stereocenters. The fourth-order valence-corrected chi connectivity index (χ4v) is 13.4. The average molecular weight is 876 g/mol. The number of hydrogen-bond acceptors (Lipinski definition) is 8. The van der Waals surface area contributed by atoms with E-state index in [2.05, 4.69) is 46.1 Å². The molecule has 1 aromatic heterocycles. The lowest BCUT2D eigenvalue weighted by atomic mass is 9.73. The Balaban J connectivity index is 1.06. The first-order valence-corrected chi connectivity index (χ1v) is 24.0. The zero-order valence-corrected chi connectivity index (χ0v) is 38.0. The standard InChI is InChI=1S/C46H65N7O8S/c1-8-30-25-46(30,41(58)51-62(59,60)52-21-12-13-22-52)50-38(55)34-26-45(43(5,6)44(45)19-14-20-44)27-53(34)40(57)36(42(2,3)4)49-39(56)35(28-15-10-9-11-16-28)48-37(54)33-24-29-23-31(61-7)17-18-32(29)47-33/h8,17-18,23-24,28,30,34-36,47H,1,9-16,19-22,25-27H2,2-7H3,(H,48,54)(H,49,56)(H,50,55)(H,51,58)/t30-,34+,35?,36-,45-,46-/m1/s1. The number of carbonyl (C=O) groups excluding carboxylic acids is 5. The Morgan fingerprint density at radius 2 is 1.63 bits per heavy atom. The average Bonchev–Trinajstić information content (AvgIpc) is 3.61. The van der Waals surface area contributed by atoms with E-state index in [0.717, 1.165) is 62.3 Å². The van der Waals surface area contributed by atoms with Gasteiger partial charge in [0.1, 0.15) is 35.1 Å². The van der Waals surface area contributed by atoms with E-state index in [9.17, 15) is 27.6 Å². The molecular weight excluding hydrogens is 811 g/mol. The second-order valence-corrected chi connectivity index (χ2v) is 22.3. The van der Waals surface area contributed by atoms with Gasteiger partial charge in [-0.25, -0.2) is 4.72 Å².